The van der Waals surface area contributed by atoms with E-state index in [4.69, 9.17) is 4.55 Å². The van der Waals surface area contributed by atoms with Crippen LogP contribution in [0.1, 0.15) is 96.8 Å². The van der Waals surface area contributed by atoms with Crippen LogP contribution in [0.15, 0.2) is 12.2 Å². The number of Topliss-reactive ketones (excluding diaryl/α,β-unsaturated/α-hetero) is 1. The van der Waals surface area contributed by atoms with Crippen molar-refractivity contribution in [1.82, 2.24) is 5.32 Å². The summed E-state index contributed by atoms with van der Waals surface area (Å²) in [4.78, 5) is 11.9. The Morgan fingerprint density at radius 1 is 0.889 bits per heavy atom. The van der Waals surface area contributed by atoms with Gasteiger partial charge < -0.3 is 5.32 Å². The predicted molar refractivity (Wildman–Crippen MR) is 114 cm³/mol. The van der Waals surface area contributed by atoms with E-state index >= 15 is 0 Å². The molecule has 6 heteroatoms. The molecule has 5 nitrogen and oxygen atoms in total. The molecule has 0 spiro atoms. The molecule has 0 aliphatic rings. The number of allylic oxidation sites excluding steroid dienone is 2. The molecule has 0 rings (SSSR count). The molecule has 0 fully saturated rings. The largest absolute Gasteiger partial charge is 0.310 e. The molecule has 160 valence electrons. The van der Waals surface area contributed by atoms with Crippen LogP contribution in [0.3, 0.4) is 0 Å². The summed E-state index contributed by atoms with van der Waals surface area (Å²) < 4.78 is 30.6. The van der Waals surface area contributed by atoms with E-state index in [0.717, 1.165) is 32.1 Å². The van der Waals surface area contributed by atoms with E-state index in [1.165, 1.54) is 58.4 Å². The third kappa shape index (κ3) is 18.4. The van der Waals surface area contributed by atoms with Crippen LogP contribution in [0, 0.1) is 0 Å². The van der Waals surface area contributed by atoms with Crippen LogP contribution in [0.25, 0.3) is 0 Å². The lowest BCUT2D eigenvalue weighted by Crippen LogP contribution is -2.40. The van der Waals surface area contributed by atoms with E-state index in [1.54, 1.807) is 0 Å². The Kier molecular flexibility index (Phi) is 16.9. The van der Waals surface area contributed by atoms with Gasteiger partial charge in [-0.05, 0) is 39.2 Å². The standard InChI is InChI=1S/C21H41NO4S/c1-3-4-5-6-7-8-9-10-11-12-13-14-15-16-17-18-21(23)20(22-2)19-27(24,25)26/h10-11,20,22H,3-9,12-19H2,1-2H3,(H,24,25,26)/b11-10-. The van der Waals surface area contributed by atoms with Gasteiger partial charge in [-0.15, -0.1) is 0 Å². The first kappa shape index (κ1) is 26.3. The molecule has 27 heavy (non-hydrogen) atoms. The molecule has 0 aliphatic carbocycles. The van der Waals surface area contributed by atoms with Gasteiger partial charge in [0.05, 0.1) is 11.8 Å². The van der Waals surface area contributed by atoms with Crippen molar-refractivity contribution >= 4 is 15.9 Å². The summed E-state index contributed by atoms with van der Waals surface area (Å²) in [7, 11) is -2.59. The van der Waals surface area contributed by atoms with E-state index in [2.05, 4.69) is 24.4 Å². The summed E-state index contributed by atoms with van der Waals surface area (Å²) in [5.41, 5.74) is 0. The van der Waals surface area contributed by atoms with E-state index in [9.17, 15) is 13.2 Å². The fourth-order valence-electron chi connectivity index (χ4n) is 3.09. The molecular weight excluding hydrogens is 362 g/mol. The molecule has 0 aromatic carbocycles. The maximum absolute atomic E-state index is 11.9. The summed E-state index contributed by atoms with van der Waals surface area (Å²) in [5, 5.41) is 2.66. The van der Waals surface area contributed by atoms with Gasteiger partial charge in [-0.25, -0.2) is 0 Å². The van der Waals surface area contributed by atoms with Crippen LogP contribution in [0.4, 0.5) is 0 Å². The number of unbranched alkanes of at least 4 members (excludes halogenated alkanes) is 11. The van der Waals surface area contributed by atoms with Gasteiger partial charge in [0.1, 0.15) is 0 Å². The fourth-order valence-corrected chi connectivity index (χ4v) is 3.87. The van der Waals surface area contributed by atoms with Crippen LogP contribution in [0.5, 0.6) is 0 Å². The van der Waals surface area contributed by atoms with Crippen molar-refractivity contribution < 1.29 is 17.8 Å². The van der Waals surface area contributed by atoms with Crippen molar-refractivity contribution in [2.45, 2.75) is 103 Å². The second-order valence-corrected chi connectivity index (χ2v) is 8.89. The minimum absolute atomic E-state index is 0.146. The van der Waals surface area contributed by atoms with Crippen LogP contribution in [0.2, 0.25) is 0 Å². The van der Waals surface area contributed by atoms with Gasteiger partial charge in [0.15, 0.2) is 5.78 Å². The smallest absolute Gasteiger partial charge is 0.266 e. The molecule has 1 atom stereocenters. The highest BCUT2D eigenvalue weighted by molar-refractivity contribution is 7.85. The number of carbonyl (C=O) groups is 1. The zero-order valence-corrected chi connectivity index (χ0v) is 18.2. The van der Waals surface area contributed by atoms with Crippen molar-refractivity contribution in [2.75, 3.05) is 12.8 Å². The van der Waals surface area contributed by atoms with Gasteiger partial charge in [0.2, 0.25) is 0 Å². The highest BCUT2D eigenvalue weighted by Gasteiger charge is 2.21. The number of likely N-dealkylation sites (N-methyl/N-ethyl adjacent to an activating group) is 1. The Bertz CT molecular complexity index is 488. The molecule has 0 saturated heterocycles. The molecule has 0 aromatic rings. The van der Waals surface area contributed by atoms with E-state index in [-0.39, 0.29) is 5.78 Å². The molecular formula is C21H41NO4S. The van der Waals surface area contributed by atoms with Gasteiger partial charge in [-0.2, -0.15) is 8.42 Å². The van der Waals surface area contributed by atoms with Gasteiger partial charge in [0.25, 0.3) is 10.1 Å². The van der Waals surface area contributed by atoms with E-state index in [1.807, 2.05) is 0 Å². The minimum atomic E-state index is -4.13. The average Bonchev–Trinajstić information content (AvgIpc) is 2.62. The highest BCUT2D eigenvalue weighted by atomic mass is 32.2. The number of ketones is 1. The van der Waals surface area contributed by atoms with E-state index < -0.39 is 21.9 Å². The number of hydrogen-bond acceptors (Lipinski definition) is 4. The Labute approximate surface area is 167 Å². The fraction of sp³-hybridized carbons (Fsp3) is 0.857. The van der Waals surface area contributed by atoms with E-state index in [0.29, 0.717) is 6.42 Å². The molecule has 2 N–H and O–H groups in total. The molecule has 0 aromatic heterocycles. The van der Waals surface area contributed by atoms with Gasteiger partial charge in [0, 0.05) is 6.42 Å². The topological polar surface area (TPSA) is 83.5 Å². The van der Waals surface area contributed by atoms with Crippen molar-refractivity contribution in [3.05, 3.63) is 12.2 Å². The summed E-state index contributed by atoms with van der Waals surface area (Å²) in [6.07, 6.45) is 20.6. The summed E-state index contributed by atoms with van der Waals surface area (Å²) >= 11 is 0. The molecule has 0 heterocycles. The first-order chi connectivity index (χ1) is 12.9. The summed E-state index contributed by atoms with van der Waals surface area (Å²) in [6, 6.07) is -0.809. The lowest BCUT2D eigenvalue weighted by atomic mass is 10.0. The first-order valence-electron chi connectivity index (χ1n) is 10.7. The Morgan fingerprint density at radius 3 is 1.85 bits per heavy atom. The zero-order chi connectivity index (χ0) is 20.4. The maximum Gasteiger partial charge on any atom is 0.266 e. The minimum Gasteiger partial charge on any atom is -0.310 e. The first-order valence-corrected chi connectivity index (χ1v) is 12.3. The predicted octanol–water partition coefficient (Wildman–Crippen LogP) is 5.07. The van der Waals surface area contributed by atoms with Crippen molar-refractivity contribution in [1.29, 1.82) is 0 Å². The third-order valence-corrected chi connectivity index (χ3v) is 5.55. The number of carbonyl (C=O) groups excluding carboxylic acids is 1. The van der Waals surface area contributed by atoms with Gasteiger partial charge in [-0.3, -0.25) is 9.35 Å². The SMILES string of the molecule is CCCCCCCC/C=C\CCCCCCCC(=O)C(CS(=O)(=O)O)NC. The van der Waals surface area contributed by atoms with Crippen LogP contribution < -0.4 is 5.32 Å². The summed E-state index contributed by atoms with van der Waals surface area (Å²) in [6.45, 7) is 2.25. The Hall–Kier alpha value is -0.720. The second-order valence-electron chi connectivity index (χ2n) is 7.39. The second kappa shape index (κ2) is 17.4. The monoisotopic (exact) mass is 403 g/mol. The molecule has 0 radical (unpaired) electrons. The Morgan fingerprint density at radius 2 is 1.37 bits per heavy atom. The van der Waals surface area contributed by atoms with Crippen molar-refractivity contribution in [2.24, 2.45) is 0 Å². The molecule has 1 unspecified atom stereocenters. The quantitative estimate of drug-likeness (QED) is 0.179. The van der Waals surface area contributed by atoms with Crippen LogP contribution in [-0.4, -0.2) is 37.6 Å². The summed E-state index contributed by atoms with van der Waals surface area (Å²) in [5.74, 6) is -0.694. The van der Waals surface area contributed by atoms with Crippen molar-refractivity contribution in [3.8, 4) is 0 Å². The normalized spacial score (nSPS) is 13.3. The highest BCUT2D eigenvalue weighted by Crippen LogP contribution is 2.10. The Balaban J connectivity index is 3.51. The lowest BCUT2D eigenvalue weighted by molar-refractivity contribution is -0.120. The molecule has 0 bridgehead atoms. The molecule has 0 aliphatic heterocycles. The van der Waals surface area contributed by atoms with Crippen LogP contribution >= 0.6 is 0 Å². The lowest BCUT2D eigenvalue weighted by Gasteiger charge is -2.12. The third-order valence-electron chi connectivity index (χ3n) is 4.80. The molecule has 0 saturated carbocycles. The van der Waals surface area contributed by atoms with Gasteiger partial charge >= 0.3 is 0 Å². The maximum atomic E-state index is 11.9. The van der Waals surface area contributed by atoms with Crippen molar-refractivity contribution in [3.63, 3.8) is 0 Å². The number of hydrogen-bond donors (Lipinski definition) is 2. The van der Waals surface area contributed by atoms with Crippen LogP contribution in [-0.2, 0) is 14.9 Å². The number of rotatable bonds is 19. The zero-order valence-electron chi connectivity index (χ0n) is 17.4. The van der Waals surface area contributed by atoms with Gasteiger partial charge in [-0.1, -0.05) is 70.4 Å². The number of nitrogens with one attached hydrogen (secondary N) is 1. The average molecular weight is 404 g/mol. The molecule has 0 amide bonds.